The van der Waals surface area contributed by atoms with E-state index in [2.05, 4.69) is 76.2 Å². The van der Waals surface area contributed by atoms with Crippen molar-refractivity contribution >= 4 is 0 Å². The molecule has 0 aliphatic carbocycles. The summed E-state index contributed by atoms with van der Waals surface area (Å²) in [6.07, 6.45) is 1.93. The van der Waals surface area contributed by atoms with Gasteiger partial charge in [-0.05, 0) is 47.9 Å². The summed E-state index contributed by atoms with van der Waals surface area (Å²) in [5.41, 5.74) is 11.5. The van der Waals surface area contributed by atoms with Crippen LogP contribution in [0.4, 0.5) is 0 Å². The molecule has 0 spiro atoms. The van der Waals surface area contributed by atoms with Crippen molar-refractivity contribution in [3.63, 3.8) is 0 Å². The normalized spacial score (nSPS) is 14.2. The Morgan fingerprint density at radius 1 is 0.905 bits per heavy atom. The van der Waals surface area contributed by atoms with E-state index in [4.69, 9.17) is 5.73 Å². The van der Waals surface area contributed by atoms with Gasteiger partial charge in [0.1, 0.15) is 0 Å². The average Bonchev–Trinajstić information content (AvgIpc) is 2.47. The molecular weight excluding hydrogens is 254 g/mol. The predicted molar refractivity (Wildman–Crippen MR) is 91.6 cm³/mol. The first-order chi connectivity index (χ1) is 9.92. The van der Waals surface area contributed by atoms with Gasteiger partial charge in [0.2, 0.25) is 0 Å². The number of benzene rings is 2. The zero-order chi connectivity index (χ0) is 15.5. The van der Waals surface area contributed by atoms with Gasteiger partial charge in [-0.25, -0.2) is 0 Å². The van der Waals surface area contributed by atoms with E-state index in [9.17, 15) is 0 Å². The van der Waals surface area contributed by atoms with Crippen LogP contribution in [0.15, 0.2) is 48.5 Å². The monoisotopic (exact) mass is 281 g/mol. The smallest absolute Gasteiger partial charge is 0.0421 e. The zero-order valence-electron chi connectivity index (χ0n) is 13.7. The van der Waals surface area contributed by atoms with E-state index in [-0.39, 0.29) is 5.54 Å². The molecule has 2 aromatic rings. The quantitative estimate of drug-likeness (QED) is 0.838. The molecule has 2 rings (SSSR count). The molecule has 0 aliphatic rings. The van der Waals surface area contributed by atoms with Gasteiger partial charge in [-0.3, -0.25) is 0 Å². The standard InChI is InChI=1S/C20H27N/c1-5-16-8-12-19(13-9-16)20(4,21)14-17-6-10-18(11-7-17)15(2)3/h6-13,15H,5,14,21H2,1-4H3. The van der Waals surface area contributed by atoms with E-state index in [0.717, 1.165) is 12.8 Å². The molecule has 0 saturated heterocycles. The summed E-state index contributed by atoms with van der Waals surface area (Å²) in [7, 11) is 0. The highest BCUT2D eigenvalue weighted by Crippen LogP contribution is 2.24. The SMILES string of the molecule is CCc1ccc(C(C)(N)Cc2ccc(C(C)C)cc2)cc1. The third-order valence-electron chi connectivity index (χ3n) is 4.24. The molecule has 0 radical (unpaired) electrons. The topological polar surface area (TPSA) is 26.0 Å². The average molecular weight is 281 g/mol. The van der Waals surface area contributed by atoms with Crippen LogP contribution >= 0.6 is 0 Å². The van der Waals surface area contributed by atoms with E-state index >= 15 is 0 Å². The first kappa shape index (κ1) is 15.8. The summed E-state index contributed by atoms with van der Waals surface area (Å²) >= 11 is 0. The molecule has 0 saturated carbocycles. The van der Waals surface area contributed by atoms with Crippen LogP contribution in [0, 0.1) is 0 Å². The predicted octanol–water partition coefficient (Wildman–Crippen LogP) is 4.79. The number of aryl methyl sites for hydroxylation is 1. The van der Waals surface area contributed by atoms with Crippen LogP contribution < -0.4 is 5.73 Å². The lowest BCUT2D eigenvalue weighted by molar-refractivity contribution is 0.491. The summed E-state index contributed by atoms with van der Waals surface area (Å²) in [6.45, 7) is 8.73. The van der Waals surface area contributed by atoms with Crippen molar-refractivity contribution in [2.24, 2.45) is 5.73 Å². The minimum atomic E-state index is -0.328. The van der Waals surface area contributed by atoms with Crippen molar-refractivity contribution in [3.8, 4) is 0 Å². The van der Waals surface area contributed by atoms with Gasteiger partial charge in [-0.15, -0.1) is 0 Å². The van der Waals surface area contributed by atoms with Gasteiger partial charge >= 0.3 is 0 Å². The molecule has 21 heavy (non-hydrogen) atoms. The van der Waals surface area contributed by atoms with Crippen LogP contribution in [0.2, 0.25) is 0 Å². The number of rotatable bonds is 5. The first-order valence-electron chi connectivity index (χ1n) is 7.89. The summed E-state index contributed by atoms with van der Waals surface area (Å²) in [6, 6.07) is 17.6. The highest BCUT2D eigenvalue weighted by atomic mass is 14.7. The molecule has 2 aromatic carbocycles. The van der Waals surface area contributed by atoms with E-state index < -0.39 is 0 Å². The molecule has 1 heteroatoms. The molecule has 0 fully saturated rings. The van der Waals surface area contributed by atoms with Gasteiger partial charge in [-0.2, -0.15) is 0 Å². The van der Waals surface area contributed by atoms with Crippen LogP contribution in [0.5, 0.6) is 0 Å². The summed E-state index contributed by atoms with van der Waals surface area (Å²) in [5.74, 6) is 0.574. The second-order valence-corrected chi connectivity index (χ2v) is 6.54. The Morgan fingerprint density at radius 3 is 1.90 bits per heavy atom. The summed E-state index contributed by atoms with van der Waals surface area (Å²) in [5, 5.41) is 0. The number of hydrogen-bond donors (Lipinski definition) is 1. The molecule has 1 nitrogen and oxygen atoms in total. The second kappa shape index (κ2) is 6.44. The Balaban J connectivity index is 2.15. The van der Waals surface area contributed by atoms with Crippen molar-refractivity contribution in [3.05, 3.63) is 70.8 Å². The van der Waals surface area contributed by atoms with Gasteiger partial charge in [0.05, 0.1) is 0 Å². The number of nitrogens with two attached hydrogens (primary N) is 1. The third kappa shape index (κ3) is 3.95. The summed E-state index contributed by atoms with van der Waals surface area (Å²) < 4.78 is 0. The fraction of sp³-hybridized carbons (Fsp3) is 0.400. The van der Waals surface area contributed by atoms with Crippen molar-refractivity contribution < 1.29 is 0 Å². The van der Waals surface area contributed by atoms with Crippen molar-refractivity contribution in [1.82, 2.24) is 0 Å². The number of hydrogen-bond acceptors (Lipinski definition) is 1. The van der Waals surface area contributed by atoms with Crippen LogP contribution in [-0.4, -0.2) is 0 Å². The van der Waals surface area contributed by atoms with Gasteiger partial charge < -0.3 is 5.73 Å². The van der Waals surface area contributed by atoms with Gasteiger partial charge in [-0.1, -0.05) is 69.3 Å². The Bertz CT molecular complexity index is 562. The molecule has 0 amide bonds. The lowest BCUT2D eigenvalue weighted by Gasteiger charge is -2.26. The fourth-order valence-corrected chi connectivity index (χ4v) is 2.67. The maximum absolute atomic E-state index is 6.56. The summed E-state index contributed by atoms with van der Waals surface area (Å²) in [4.78, 5) is 0. The first-order valence-corrected chi connectivity index (χ1v) is 7.89. The molecular formula is C20H27N. The van der Waals surface area contributed by atoms with Gasteiger partial charge in [0.25, 0.3) is 0 Å². The zero-order valence-corrected chi connectivity index (χ0v) is 13.7. The largest absolute Gasteiger partial charge is 0.321 e. The van der Waals surface area contributed by atoms with Crippen LogP contribution in [0.25, 0.3) is 0 Å². The molecule has 112 valence electrons. The van der Waals surface area contributed by atoms with Gasteiger partial charge in [0.15, 0.2) is 0 Å². The molecule has 2 N–H and O–H groups in total. The highest BCUT2D eigenvalue weighted by molar-refractivity contribution is 5.32. The molecule has 1 atom stereocenters. The third-order valence-corrected chi connectivity index (χ3v) is 4.24. The van der Waals surface area contributed by atoms with E-state index in [0.29, 0.717) is 5.92 Å². The van der Waals surface area contributed by atoms with Crippen molar-refractivity contribution in [1.29, 1.82) is 0 Å². The molecule has 0 aromatic heterocycles. The van der Waals surface area contributed by atoms with E-state index in [1.807, 2.05) is 0 Å². The molecule has 0 heterocycles. The van der Waals surface area contributed by atoms with Crippen molar-refractivity contribution in [2.45, 2.75) is 52.0 Å². The van der Waals surface area contributed by atoms with Crippen LogP contribution in [0.3, 0.4) is 0 Å². The minimum absolute atomic E-state index is 0.328. The fourth-order valence-electron chi connectivity index (χ4n) is 2.67. The molecule has 0 bridgehead atoms. The molecule has 1 unspecified atom stereocenters. The Hall–Kier alpha value is -1.60. The lowest BCUT2D eigenvalue weighted by Crippen LogP contribution is -2.35. The van der Waals surface area contributed by atoms with Gasteiger partial charge in [0, 0.05) is 5.54 Å². The minimum Gasteiger partial charge on any atom is -0.321 e. The van der Waals surface area contributed by atoms with Crippen LogP contribution in [-0.2, 0) is 18.4 Å². The van der Waals surface area contributed by atoms with Crippen LogP contribution in [0.1, 0.15) is 55.9 Å². The van der Waals surface area contributed by atoms with Crippen molar-refractivity contribution in [2.75, 3.05) is 0 Å². The van der Waals surface area contributed by atoms with E-state index in [1.54, 1.807) is 0 Å². The van der Waals surface area contributed by atoms with E-state index in [1.165, 1.54) is 22.3 Å². The Morgan fingerprint density at radius 2 is 1.43 bits per heavy atom. The second-order valence-electron chi connectivity index (χ2n) is 6.54. The Kier molecular flexibility index (Phi) is 4.84. The maximum atomic E-state index is 6.56. The highest BCUT2D eigenvalue weighted by Gasteiger charge is 2.21. The molecule has 0 aliphatic heterocycles. The Labute approximate surface area is 129 Å². The maximum Gasteiger partial charge on any atom is 0.0421 e. The lowest BCUT2D eigenvalue weighted by atomic mass is 9.85.